The first-order chi connectivity index (χ1) is 8.97. The Hall–Kier alpha value is -0.970. The number of nitrogens with one attached hydrogen (secondary N) is 1. The molecule has 0 radical (unpaired) electrons. The summed E-state index contributed by atoms with van der Waals surface area (Å²) in [4.78, 5) is 11.8. The zero-order valence-electron chi connectivity index (χ0n) is 10.7. The fraction of sp³-hybridized carbons (Fsp3) is 0.500. The Balaban J connectivity index is 2.00. The van der Waals surface area contributed by atoms with Gasteiger partial charge < -0.3 is 5.32 Å². The number of carbonyl (C=O) groups excluding carboxylic acids is 1. The molecule has 0 heterocycles. The molecule has 1 saturated carbocycles. The van der Waals surface area contributed by atoms with Gasteiger partial charge in [0.1, 0.15) is 17.2 Å². The number of benzene rings is 1. The summed E-state index contributed by atoms with van der Waals surface area (Å²) in [7, 11) is 0. The monoisotopic (exact) mass is 331 g/mol. The zero-order valence-corrected chi connectivity index (χ0v) is 12.3. The maximum atomic E-state index is 13.6. The van der Waals surface area contributed by atoms with E-state index in [0.29, 0.717) is 18.4 Å². The normalized spacial score (nSPS) is 22.5. The SMILES string of the molecule is CC1CCC(CNC(=O)c2c(F)cc(Br)cc2F)C1. The zero-order chi connectivity index (χ0) is 14.0. The van der Waals surface area contributed by atoms with E-state index in [1.165, 1.54) is 0 Å². The van der Waals surface area contributed by atoms with Crippen molar-refractivity contribution in [1.29, 1.82) is 0 Å². The van der Waals surface area contributed by atoms with E-state index in [1.54, 1.807) is 0 Å². The summed E-state index contributed by atoms with van der Waals surface area (Å²) >= 11 is 2.98. The molecule has 5 heteroatoms. The first kappa shape index (κ1) is 14.4. The topological polar surface area (TPSA) is 29.1 Å². The summed E-state index contributed by atoms with van der Waals surface area (Å²) < 4.78 is 27.5. The van der Waals surface area contributed by atoms with Gasteiger partial charge in [-0.2, -0.15) is 0 Å². The quantitative estimate of drug-likeness (QED) is 0.894. The molecule has 104 valence electrons. The molecule has 1 amide bonds. The summed E-state index contributed by atoms with van der Waals surface area (Å²) in [5.74, 6) is -1.28. The maximum absolute atomic E-state index is 13.6. The van der Waals surface area contributed by atoms with Crippen molar-refractivity contribution in [3.05, 3.63) is 33.8 Å². The van der Waals surface area contributed by atoms with E-state index in [0.717, 1.165) is 31.4 Å². The van der Waals surface area contributed by atoms with E-state index >= 15 is 0 Å². The predicted octanol–water partition coefficient (Wildman–Crippen LogP) is 3.89. The third kappa shape index (κ3) is 3.53. The average Bonchev–Trinajstić information content (AvgIpc) is 2.71. The van der Waals surface area contributed by atoms with Gasteiger partial charge in [-0.25, -0.2) is 8.78 Å². The van der Waals surface area contributed by atoms with Gasteiger partial charge >= 0.3 is 0 Å². The standard InChI is InChI=1S/C14H16BrF2NO/c1-8-2-3-9(4-8)7-18-14(19)13-11(16)5-10(15)6-12(13)17/h5-6,8-9H,2-4,7H2,1H3,(H,18,19). The van der Waals surface area contributed by atoms with Crippen LogP contribution in [-0.2, 0) is 0 Å². The van der Waals surface area contributed by atoms with Gasteiger partial charge in [-0.05, 0) is 36.8 Å². The van der Waals surface area contributed by atoms with Crippen molar-refractivity contribution in [2.24, 2.45) is 11.8 Å². The van der Waals surface area contributed by atoms with Crippen molar-refractivity contribution >= 4 is 21.8 Å². The Morgan fingerprint density at radius 3 is 2.53 bits per heavy atom. The van der Waals surface area contributed by atoms with E-state index in [4.69, 9.17) is 0 Å². The molecule has 1 aromatic rings. The van der Waals surface area contributed by atoms with Crippen LogP contribution in [0.1, 0.15) is 36.5 Å². The van der Waals surface area contributed by atoms with E-state index in [9.17, 15) is 13.6 Å². The van der Waals surface area contributed by atoms with Gasteiger partial charge in [-0.15, -0.1) is 0 Å². The van der Waals surface area contributed by atoms with E-state index in [1.807, 2.05) is 0 Å². The Bertz CT molecular complexity index is 469. The average molecular weight is 332 g/mol. The van der Waals surface area contributed by atoms with Crippen molar-refractivity contribution in [2.75, 3.05) is 6.54 Å². The summed E-state index contributed by atoms with van der Waals surface area (Å²) in [5.41, 5.74) is -0.505. The van der Waals surface area contributed by atoms with Crippen LogP contribution in [-0.4, -0.2) is 12.5 Å². The highest BCUT2D eigenvalue weighted by Crippen LogP contribution is 2.29. The minimum absolute atomic E-state index is 0.281. The molecular weight excluding hydrogens is 316 g/mol. The molecular formula is C14H16BrF2NO. The summed E-state index contributed by atoms with van der Waals surface area (Å²) in [5, 5.41) is 2.63. The molecule has 2 nitrogen and oxygen atoms in total. The lowest BCUT2D eigenvalue weighted by molar-refractivity contribution is 0.0938. The van der Waals surface area contributed by atoms with Crippen LogP contribution in [0.3, 0.4) is 0 Å². The van der Waals surface area contributed by atoms with Gasteiger partial charge in [-0.1, -0.05) is 29.3 Å². The Labute approximate surface area is 119 Å². The van der Waals surface area contributed by atoms with Crippen molar-refractivity contribution in [3.63, 3.8) is 0 Å². The molecule has 0 spiro atoms. The molecule has 19 heavy (non-hydrogen) atoms. The highest BCUT2D eigenvalue weighted by atomic mass is 79.9. The number of hydrogen-bond acceptors (Lipinski definition) is 1. The third-order valence-electron chi connectivity index (χ3n) is 3.59. The van der Waals surface area contributed by atoms with Gasteiger partial charge in [0.2, 0.25) is 0 Å². The second-order valence-corrected chi connectivity index (χ2v) is 6.15. The highest BCUT2D eigenvalue weighted by molar-refractivity contribution is 9.10. The lowest BCUT2D eigenvalue weighted by atomic mass is 10.1. The molecule has 2 rings (SSSR count). The smallest absolute Gasteiger partial charge is 0.257 e. The molecule has 1 aromatic carbocycles. The van der Waals surface area contributed by atoms with Crippen LogP contribution >= 0.6 is 15.9 Å². The number of amides is 1. The second-order valence-electron chi connectivity index (χ2n) is 5.24. The van der Waals surface area contributed by atoms with E-state index in [-0.39, 0.29) is 4.47 Å². The molecule has 2 atom stereocenters. The molecule has 1 fully saturated rings. The lowest BCUT2D eigenvalue weighted by Gasteiger charge is -2.12. The minimum atomic E-state index is -0.843. The van der Waals surface area contributed by atoms with Crippen molar-refractivity contribution in [1.82, 2.24) is 5.32 Å². The van der Waals surface area contributed by atoms with Gasteiger partial charge in [0.25, 0.3) is 5.91 Å². The minimum Gasteiger partial charge on any atom is -0.352 e. The number of halogens is 3. The van der Waals surface area contributed by atoms with E-state index in [2.05, 4.69) is 28.2 Å². The molecule has 1 aliphatic carbocycles. The van der Waals surface area contributed by atoms with Crippen LogP contribution in [0, 0.1) is 23.5 Å². The fourth-order valence-electron chi connectivity index (χ4n) is 2.59. The Morgan fingerprint density at radius 2 is 2.00 bits per heavy atom. The van der Waals surface area contributed by atoms with Gasteiger partial charge in [0, 0.05) is 11.0 Å². The van der Waals surface area contributed by atoms with Crippen LogP contribution in [0.15, 0.2) is 16.6 Å². The molecule has 1 N–H and O–H groups in total. The molecule has 0 bridgehead atoms. The number of rotatable bonds is 3. The first-order valence-electron chi connectivity index (χ1n) is 6.40. The largest absolute Gasteiger partial charge is 0.352 e. The van der Waals surface area contributed by atoms with Crippen molar-refractivity contribution in [2.45, 2.75) is 26.2 Å². The maximum Gasteiger partial charge on any atom is 0.257 e. The Kier molecular flexibility index (Phi) is 4.55. The third-order valence-corrected chi connectivity index (χ3v) is 4.05. The summed E-state index contributed by atoms with van der Waals surface area (Å²) in [6, 6.07) is 2.19. The van der Waals surface area contributed by atoms with Gasteiger partial charge in [0.05, 0.1) is 0 Å². The second kappa shape index (κ2) is 5.99. The van der Waals surface area contributed by atoms with Gasteiger partial charge in [-0.3, -0.25) is 4.79 Å². The molecule has 0 aromatic heterocycles. The first-order valence-corrected chi connectivity index (χ1v) is 7.19. The number of carbonyl (C=O) groups is 1. The van der Waals surface area contributed by atoms with Crippen LogP contribution in [0.4, 0.5) is 8.78 Å². The van der Waals surface area contributed by atoms with Gasteiger partial charge in [0.15, 0.2) is 0 Å². The van der Waals surface area contributed by atoms with Crippen molar-refractivity contribution in [3.8, 4) is 0 Å². The summed E-state index contributed by atoms with van der Waals surface area (Å²) in [6.45, 7) is 2.66. The molecule has 1 aliphatic rings. The van der Waals surface area contributed by atoms with Crippen LogP contribution in [0.5, 0.6) is 0 Å². The molecule has 2 unspecified atom stereocenters. The lowest BCUT2D eigenvalue weighted by Crippen LogP contribution is -2.30. The van der Waals surface area contributed by atoms with Crippen LogP contribution in [0.25, 0.3) is 0 Å². The predicted molar refractivity (Wildman–Crippen MR) is 72.9 cm³/mol. The Morgan fingerprint density at radius 1 is 1.37 bits per heavy atom. The fourth-order valence-corrected chi connectivity index (χ4v) is 3.00. The van der Waals surface area contributed by atoms with Crippen LogP contribution in [0.2, 0.25) is 0 Å². The molecule has 0 saturated heterocycles. The van der Waals surface area contributed by atoms with Crippen molar-refractivity contribution < 1.29 is 13.6 Å². The highest BCUT2D eigenvalue weighted by Gasteiger charge is 2.23. The number of hydrogen-bond donors (Lipinski definition) is 1. The summed E-state index contributed by atoms with van der Waals surface area (Å²) in [6.07, 6.45) is 3.28. The molecule has 0 aliphatic heterocycles. The van der Waals surface area contributed by atoms with E-state index < -0.39 is 23.1 Å². The van der Waals surface area contributed by atoms with Crippen LogP contribution < -0.4 is 5.32 Å².